The van der Waals surface area contributed by atoms with Gasteiger partial charge in [-0.25, -0.2) is 4.79 Å². The topological polar surface area (TPSA) is 236 Å². The van der Waals surface area contributed by atoms with E-state index in [4.69, 9.17) is 24.3 Å². The monoisotopic (exact) mass is 561 g/mol. The van der Waals surface area contributed by atoms with Crippen molar-refractivity contribution in [3.05, 3.63) is 34.4 Å². The number of phosphoric ester groups is 1. The molecule has 18 heteroatoms. The number of carbonyl (C=O) groups excluding carboxylic acids is 2. The number of nitrogen functional groups attached to an aromatic ring is 1. The Balaban J connectivity index is 0.00000241. The van der Waals surface area contributed by atoms with Gasteiger partial charge in [-0.15, -0.1) is 0 Å². The number of aliphatic hydroxyl groups excluding tert-OH is 2. The Morgan fingerprint density at radius 2 is 1.95 bits per heavy atom. The van der Waals surface area contributed by atoms with Gasteiger partial charge in [-0.1, -0.05) is 6.08 Å². The molecule has 4 rings (SSSR count). The number of aliphatic carboxylic acids is 1. The van der Waals surface area contributed by atoms with Gasteiger partial charge in [0.25, 0.3) is 7.82 Å². The number of hydrogen-bond acceptors (Lipinski definition) is 14. The average molecular weight is 561 g/mol. The standard InChI is InChI=1S/C19H24N3O12P.2Na/c1-31-17(27)19-8(2-3-9(19)16(25)26)10(19)6-32-35(29,30)33-7-11-13(23)14(24)15(34-11)22-5-4-12(20)21-18(22)28;;/h3-5,8,10-11,13-15,23-24H,2,6-7H2,1H3,(H,25,26)(H,29,30)(H2,20,21,28);;/q;2*+1/p-2/t8-,10+,11-,13-,14-,15-,19-;;/m1../s1. The number of ether oxygens (including phenoxy) is 2. The number of fused-ring (bicyclic) bond motifs is 1. The number of nitrogens with zero attached hydrogens (tertiary/aromatic N) is 2. The molecule has 1 unspecified atom stereocenters. The molecule has 4 N–H and O–H groups in total. The van der Waals surface area contributed by atoms with E-state index < -0.39 is 80.5 Å². The van der Waals surface area contributed by atoms with Crippen LogP contribution in [0.4, 0.5) is 5.82 Å². The van der Waals surface area contributed by atoms with E-state index in [0.29, 0.717) is 0 Å². The van der Waals surface area contributed by atoms with E-state index in [1.165, 1.54) is 18.3 Å². The van der Waals surface area contributed by atoms with Crippen molar-refractivity contribution in [2.45, 2.75) is 31.0 Å². The normalized spacial score (nSPS) is 33.2. The number of methoxy groups -OCH3 is 1. The second kappa shape index (κ2) is 12.3. The molecule has 15 nitrogen and oxygen atoms in total. The zero-order valence-corrected chi connectivity index (χ0v) is 25.1. The first-order valence-electron chi connectivity index (χ1n) is 10.4. The number of phosphoric acid groups is 1. The summed E-state index contributed by atoms with van der Waals surface area (Å²) in [6, 6.07) is 1.27. The summed E-state index contributed by atoms with van der Waals surface area (Å²) in [5.74, 6) is -3.77. The van der Waals surface area contributed by atoms with E-state index in [-0.39, 0.29) is 76.9 Å². The Hall–Kier alpha value is -0.650. The first-order chi connectivity index (χ1) is 16.4. The molecule has 0 aromatic carbocycles. The summed E-state index contributed by atoms with van der Waals surface area (Å²) in [5, 5.41) is 31.9. The van der Waals surface area contributed by atoms with Gasteiger partial charge in [-0.2, -0.15) is 4.98 Å². The number of carboxylic acids is 1. The molecule has 0 bridgehead atoms. The van der Waals surface area contributed by atoms with Gasteiger partial charge in [-0.05, 0) is 24.0 Å². The van der Waals surface area contributed by atoms with Crippen molar-refractivity contribution in [3.8, 4) is 0 Å². The van der Waals surface area contributed by atoms with E-state index in [9.17, 15) is 39.2 Å². The molecule has 192 valence electrons. The molecule has 1 aromatic rings. The third-order valence-electron chi connectivity index (χ3n) is 6.58. The molecule has 3 aliphatic rings. The first-order valence-corrected chi connectivity index (χ1v) is 11.9. The van der Waals surface area contributed by atoms with E-state index in [2.05, 4.69) is 4.98 Å². The molecule has 2 fully saturated rings. The SMILES string of the molecule is COC(=O)[C@@]12C(C(=O)[O-])=CC[C@@H]1[C@@H]2COP(=O)([O-])OC[C@H]1O[C@@H](n2ccc(N)nc2=O)[C@H](O)[C@@H]1O.[Na+].[Na+]. The van der Waals surface area contributed by atoms with Crippen molar-refractivity contribution in [3.63, 3.8) is 0 Å². The largest absolute Gasteiger partial charge is 1.00 e. The summed E-state index contributed by atoms with van der Waals surface area (Å²) in [7, 11) is -3.94. The molecule has 2 heterocycles. The number of anilines is 1. The summed E-state index contributed by atoms with van der Waals surface area (Å²) >= 11 is 0. The maximum absolute atomic E-state index is 12.3. The van der Waals surface area contributed by atoms with Crippen LogP contribution in [0.5, 0.6) is 0 Å². The summed E-state index contributed by atoms with van der Waals surface area (Å²) in [4.78, 5) is 51.5. The van der Waals surface area contributed by atoms with Crippen LogP contribution in [0, 0.1) is 17.3 Å². The van der Waals surface area contributed by atoms with Gasteiger partial charge in [0.1, 0.15) is 29.5 Å². The maximum Gasteiger partial charge on any atom is 1.00 e. The Morgan fingerprint density at radius 3 is 2.54 bits per heavy atom. The predicted molar refractivity (Wildman–Crippen MR) is 107 cm³/mol. The van der Waals surface area contributed by atoms with Crippen LogP contribution in [0.2, 0.25) is 0 Å². The predicted octanol–water partition coefficient (Wildman–Crippen LogP) is -9.56. The second-order valence-electron chi connectivity index (χ2n) is 8.34. The summed E-state index contributed by atoms with van der Waals surface area (Å²) in [6.07, 6.45) is -3.24. The third kappa shape index (κ3) is 5.94. The van der Waals surface area contributed by atoms with Crippen LogP contribution in [-0.4, -0.2) is 70.3 Å². The van der Waals surface area contributed by atoms with Gasteiger partial charge in [-0.3, -0.25) is 13.9 Å². The zero-order valence-electron chi connectivity index (χ0n) is 20.2. The summed E-state index contributed by atoms with van der Waals surface area (Å²) in [6.45, 7) is -1.33. The van der Waals surface area contributed by atoms with Crippen LogP contribution < -0.4 is 80.5 Å². The molecular weight excluding hydrogens is 539 g/mol. The van der Waals surface area contributed by atoms with Crippen molar-refractivity contribution in [2.24, 2.45) is 17.3 Å². The molecule has 2 aliphatic carbocycles. The van der Waals surface area contributed by atoms with Crippen molar-refractivity contribution in [1.82, 2.24) is 9.55 Å². The van der Waals surface area contributed by atoms with Crippen LogP contribution in [0.25, 0.3) is 0 Å². The van der Waals surface area contributed by atoms with Crippen molar-refractivity contribution in [2.75, 3.05) is 26.1 Å². The minimum absolute atomic E-state index is 0. The molecular formula is C19H22N3Na2O12P. The second-order valence-corrected chi connectivity index (χ2v) is 9.75. The summed E-state index contributed by atoms with van der Waals surface area (Å²) < 4.78 is 32.9. The smallest absolute Gasteiger partial charge is 0.756 e. The minimum Gasteiger partial charge on any atom is -0.756 e. The molecule has 8 atom stereocenters. The number of nitrogens with two attached hydrogens (primary N) is 1. The first kappa shape index (κ1) is 32.6. The van der Waals surface area contributed by atoms with E-state index in [0.717, 1.165) is 11.7 Å². The van der Waals surface area contributed by atoms with Crippen LogP contribution in [0.1, 0.15) is 12.6 Å². The Kier molecular flexibility index (Phi) is 10.8. The van der Waals surface area contributed by atoms with Crippen LogP contribution >= 0.6 is 7.82 Å². The maximum atomic E-state index is 12.3. The zero-order chi connectivity index (χ0) is 25.7. The minimum atomic E-state index is -5.02. The summed E-state index contributed by atoms with van der Waals surface area (Å²) in [5.41, 5.74) is 2.73. The molecule has 1 saturated heterocycles. The van der Waals surface area contributed by atoms with Gasteiger partial charge in [0, 0.05) is 12.1 Å². The molecule has 1 aromatic heterocycles. The van der Waals surface area contributed by atoms with Gasteiger partial charge in [0.2, 0.25) is 0 Å². The van der Waals surface area contributed by atoms with Crippen molar-refractivity contribution < 1.29 is 112 Å². The van der Waals surface area contributed by atoms with Crippen LogP contribution in [0.15, 0.2) is 28.7 Å². The number of carbonyl (C=O) groups is 2. The Morgan fingerprint density at radius 1 is 1.30 bits per heavy atom. The molecule has 37 heavy (non-hydrogen) atoms. The quantitative estimate of drug-likeness (QED) is 0.144. The van der Waals surface area contributed by atoms with Crippen molar-refractivity contribution in [1.29, 1.82) is 0 Å². The molecule has 1 saturated carbocycles. The van der Waals surface area contributed by atoms with E-state index in [1.54, 1.807) is 0 Å². The van der Waals surface area contributed by atoms with Crippen LogP contribution in [0.3, 0.4) is 0 Å². The third-order valence-corrected chi connectivity index (χ3v) is 7.51. The number of hydrogen-bond donors (Lipinski definition) is 3. The van der Waals surface area contributed by atoms with E-state index in [1.807, 2.05) is 0 Å². The fourth-order valence-corrected chi connectivity index (χ4v) is 5.62. The van der Waals surface area contributed by atoms with Crippen molar-refractivity contribution >= 4 is 25.6 Å². The Labute approximate surface area is 254 Å². The number of esters is 1. The molecule has 0 amide bonds. The number of aliphatic hydroxyl groups is 2. The number of carboxylic acid groups (broad SMARTS) is 1. The van der Waals surface area contributed by atoms with Gasteiger partial charge >= 0.3 is 70.8 Å². The molecule has 0 spiro atoms. The average Bonchev–Trinajstić information content (AvgIpc) is 3.09. The molecule has 1 aliphatic heterocycles. The fourth-order valence-electron chi connectivity index (χ4n) is 4.87. The van der Waals surface area contributed by atoms with E-state index >= 15 is 0 Å². The van der Waals surface area contributed by atoms with Gasteiger partial charge < -0.3 is 49.3 Å². The van der Waals surface area contributed by atoms with Gasteiger partial charge in [0.15, 0.2) is 6.23 Å². The Bertz CT molecular complexity index is 1180. The number of rotatable bonds is 9. The fraction of sp³-hybridized carbons (Fsp3) is 0.579. The van der Waals surface area contributed by atoms with Crippen LogP contribution in [-0.2, 0) is 32.7 Å². The number of aromatic nitrogens is 2. The van der Waals surface area contributed by atoms with Gasteiger partial charge in [0.05, 0.1) is 26.3 Å². The molecule has 0 radical (unpaired) electrons. The number of allylic oxidation sites excluding steroid dienone is 1.